The standard InChI is InChI=1S/C12H13BrN2O/c1-10-14-7-8-15(10)11-2-4-12(5-3-11)16-9-6-13/h2-5,7-8H,6,9H2,1H3. The predicted octanol–water partition coefficient (Wildman–Crippen LogP) is 2.95. The van der Waals surface area contributed by atoms with Crippen LogP contribution in [0.25, 0.3) is 5.69 Å². The molecule has 3 nitrogen and oxygen atoms in total. The molecule has 2 rings (SSSR count). The Hall–Kier alpha value is -1.29. The lowest BCUT2D eigenvalue weighted by Crippen LogP contribution is -1.99. The topological polar surface area (TPSA) is 27.1 Å². The number of rotatable bonds is 4. The van der Waals surface area contributed by atoms with Crippen molar-refractivity contribution in [3.63, 3.8) is 0 Å². The third kappa shape index (κ3) is 2.44. The summed E-state index contributed by atoms with van der Waals surface area (Å²) in [6, 6.07) is 7.99. The summed E-state index contributed by atoms with van der Waals surface area (Å²) in [4.78, 5) is 4.19. The molecule has 0 bridgehead atoms. The van der Waals surface area contributed by atoms with E-state index in [0.717, 1.165) is 22.6 Å². The fraction of sp³-hybridized carbons (Fsp3) is 0.250. The van der Waals surface area contributed by atoms with Gasteiger partial charge < -0.3 is 9.30 Å². The second-order valence-electron chi connectivity index (χ2n) is 3.38. The predicted molar refractivity (Wildman–Crippen MR) is 67.6 cm³/mol. The molecule has 1 aromatic heterocycles. The maximum absolute atomic E-state index is 5.49. The molecule has 2 aromatic rings. The van der Waals surface area contributed by atoms with Gasteiger partial charge in [-0.15, -0.1) is 0 Å². The molecular formula is C12H13BrN2O. The molecule has 4 heteroatoms. The highest BCUT2D eigenvalue weighted by atomic mass is 79.9. The molecule has 16 heavy (non-hydrogen) atoms. The van der Waals surface area contributed by atoms with E-state index in [9.17, 15) is 0 Å². The summed E-state index contributed by atoms with van der Waals surface area (Å²) in [6.07, 6.45) is 3.74. The number of aryl methyl sites for hydroxylation is 1. The fourth-order valence-corrected chi connectivity index (χ4v) is 1.67. The quantitative estimate of drug-likeness (QED) is 0.806. The van der Waals surface area contributed by atoms with E-state index in [1.54, 1.807) is 6.20 Å². The van der Waals surface area contributed by atoms with Crippen molar-refractivity contribution in [2.24, 2.45) is 0 Å². The first-order valence-electron chi connectivity index (χ1n) is 5.10. The number of hydrogen-bond donors (Lipinski definition) is 0. The van der Waals surface area contributed by atoms with Crippen molar-refractivity contribution in [3.8, 4) is 11.4 Å². The van der Waals surface area contributed by atoms with E-state index in [0.29, 0.717) is 6.61 Å². The minimum Gasteiger partial charge on any atom is -0.493 e. The first kappa shape index (κ1) is 11.2. The van der Waals surface area contributed by atoms with Crippen molar-refractivity contribution in [1.29, 1.82) is 0 Å². The van der Waals surface area contributed by atoms with Gasteiger partial charge in [0.1, 0.15) is 11.6 Å². The highest BCUT2D eigenvalue weighted by molar-refractivity contribution is 9.09. The third-order valence-electron chi connectivity index (χ3n) is 2.29. The Morgan fingerprint density at radius 2 is 2.06 bits per heavy atom. The molecule has 0 saturated heterocycles. The molecule has 0 saturated carbocycles. The van der Waals surface area contributed by atoms with Crippen LogP contribution in [0.5, 0.6) is 5.75 Å². The van der Waals surface area contributed by atoms with E-state index in [1.165, 1.54) is 0 Å². The van der Waals surface area contributed by atoms with Crippen LogP contribution in [0.3, 0.4) is 0 Å². The van der Waals surface area contributed by atoms with Gasteiger partial charge in [-0.2, -0.15) is 0 Å². The molecule has 0 amide bonds. The number of benzene rings is 1. The van der Waals surface area contributed by atoms with Gasteiger partial charge in [0.15, 0.2) is 0 Å². The average Bonchev–Trinajstić information content (AvgIpc) is 2.74. The minimum absolute atomic E-state index is 0.684. The highest BCUT2D eigenvalue weighted by Gasteiger charge is 2.00. The third-order valence-corrected chi connectivity index (χ3v) is 2.61. The van der Waals surface area contributed by atoms with Crippen LogP contribution >= 0.6 is 15.9 Å². The SMILES string of the molecule is Cc1nccn1-c1ccc(OCCBr)cc1. The number of hydrogen-bond acceptors (Lipinski definition) is 2. The fourth-order valence-electron chi connectivity index (χ4n) is 1.51. The van der Waals surface area contributed by atoms with E-state index in [-0.39, 0.29) is 0 Å². The van der Waals surface area contributed by atoms with Crippen molar-refractivity contribution < 1.29 is 4.74 Å². The van der Waals surface area contributed by atoms with E-state index in [2.05, 4.69) is 20.9 Å². The lowest BCUT2D eigenvalue weighted by molar-refractivity contribution is 0.345. The van der Waals surface area contributed by atoms with Gasteiger partial charge in [-0.05, 0) is 31.2 Å². The zero-order valence-corrected chi connectivity index (χ0v) is 10.6. The monoisotopic (exact) mass is 280 g/mol. The first-order chi connectivity index (χ1) is 7.81. The summed E-state index contributed by atoms with van der Waals surface area (Å²) >= 11 is 3.32. The molecule has 0 aliphatic carbocycles. The van der Waals surface area contributed by atoms with E-state index in [1.807, 2.05) is 42.0 Å². The Bertz CT molecular complexity index is 450. The number of imidazole rings is 1. The second-order valence-corrected chi connectivity index (χ2v) is 4.17. The van der Waals surface area contributed by atoms with Gasteiger partial charge in [0.25, 0.3) is 0 Å². The van der Waals surface area contributed by atoms with Gasteiger partial charge in [0.05, 0.1) is 6.61 Å². The smallest absolute Gasteiger partial charge is 0.119 e. The van der Waals surface area contributed by atoms with Crippen molar-refractivity contribution in [2.45, 2.75) is 6.92 Å². The Kier molecular flexibility index (Phi) is 3.62. The Labute approximate surface area is 103 Å². The number of nitrogens with zero attached hydrogens (tertiary/aromatic N) is 2. The van der Waals surface area contributed by atoms with Crippen LogP contribution in [0.1, 0.15) is 5.82 Å². The lowest BCUT2D eigenvalue weighted by Gasteiger charge is -2.07. The van der Waals surface area contributed by atoms with Crippen LogP contribution in [0.2, 0.25) is 0 Å². The molecule has 1 heterocycles. The molecule has 0 N–H and O–H groups in total. The summed E-state index contributed by atoms with van der Waals surface area (Å²) in [5.74, 6) is 1.87. The van der Waals surface area contributed by atoms with Crippen LogP contribution in [0.4, 0.5) is 0 Å². The molecule has 0 aliphatic rings. The number of halogens is 1. The summed E-state index contributed by atoms with van der Waals surface area (Å²) < 4.78 is 7.52. The number of ether oxygens (including phenoxy) is 1. The molecule has 0 fully saturated rings. The summed E-state index contributed by atoms with van der Waals surface area (Å²) in [7, 11) is 0. The Morgan fingerprint density at radius 3 is 2.62 bits per heavy atom. The summed E-state index contributed by atoms with van der Waals surface area (Å²) in [6.45, 7) is 2.67. The Morgan fingerprint density at radius 1 is 1.31 bits per heavy atom. The molecule has 1 aromatic carbocycles. The van der Waals surface area contributed by atoms with E-state index in [4.69, 9.17) is 4.74 Å². The van der Waals surface area contributed by atoms with Gasteiger partial charge in [-0.25, -0.2) is 4.98 Å². The van der Waals surface area contributed by atoms with Crippen molar-refractivity contribution in [2.75, 3.05) is 11.9 Å². The number of aromatic nitrogens is 2. The van der Waals surface area contributed by atoms with E-state index < -0.39 is 0 Å². The Balaban J connectivity index is 2.16. The zero-order chi connectivity index (χ0) is 11.4. The molecule has 0 unspecified atom stereocenters. The highest BCUT2D eigenvalue weighted by Crippen LogP contribution is 2.16. The van der Waals surface area contributed by atoms with Crippen LogP contribution in [-0.2, 0) is 0 Å². The van der Waals surface area contributed by atoms with Gasteiger partial charge in [0, 0.05) is 23.4 Å². The van der Waals surface area contributed by atoms with Crippen LogP contribution in [0.15, 0.2) is 36.7 Å². The van der Waals surface area contributed by atoms with Gasteiger partial charge in [-0.1, -0.05) is 15.9 Å². The second kappa shape index (κ2) is 5.16. The lowest BCUT2D eigenvalue weighted by atomic mass is 10.3. The summed E-state index contributed by atoms with van der Waals surface area (Å²) in [5, 5.41) is 0.843. The zero-order valence-electron chi connectivity index (χ0n) is 9.06. The normalized spacial score (nSPS) is 10.4. The molecule has 0 radical (unpaired) electrons. The van der Waals surface area contributed by atoms with Crippen LogP contribution in [0, 0.1) is 6.92 Å². The first-order valence-corrected chi connectivity index (χ1v) is 6.22. The maximum Gasteiger partial charge on any atom is 0.119 e. The van der Waals surface area contributed by atoms with Gasteiger partial charge in [0.2, 0.25) is 0 Å². The average molecular weight is 281 g/mol. The molecule has 84 valence electrons. The molecule has 0 atom stereocenters. The maximum atomic E-state index is 5.49. The van der Waals surface area contributed by atoms with Crippen LogP contribution < -0.4 is 4.74 Å². The largest absolute Gasteiger partial charge is 0.493 e. The number of alkyl halides is 1. The van der Waals surface area contributed by atoms with Crippen LogP contribution in [-0.4, -0.2) is 21.5 Å². The molecule has 0 aliphatic heterocycles. The van der Waals surface area contributed by atoms with E-state index >= 15 is 0 Å². The van der Waals surface area contributed by atoms with Crippen molar-refractivity contribution in [1.82, 2.24) is 9.55 Å². The minimum atomic E-state index is 0.684. The molecule has 0 spiro atoms. The van der Waals surface area contributed by atoms with Gasteiger partial charge >= 0.3 is 0 Å². The summed E-state index contributed by atoms with van der Waals surface area (Å²) in [5.41, 5.74) is 1.10. The van der Waals surface area contributed by atoms with Crippen molar-refractivity contribution >= 4 is 15.9 Å². The van der Waals surface area contributed by atoms with Gasteiger partial charge in [-0.3, -0.25) is 0 Å². The molecular weight excluding hydrogens is 268 g/mol. The van der Waals surface area contributed by atoms with Crippen molar-refractivity contribution in [3.05, 3.63) is 42.5 Å².